The lowest BCUT2D eigenvalue weighted by atomic mass is 9.93. The Labute approximate surface area is 64.4 Å². The number of allylic oxidation sites excluding steroid dienone is 1. The molecular formula is C7H12BrN. The van der Waals surface area contributed by atoms with Crippen LogP contribution in [0.4, 0.5) is 0 Å². The van der Waals surface area contributed by atoms with E-state index >= 15 is 0 Å². The van der Waals surface area contributed by atoms with Gasteiger partial charge in [-0.05, 0) is 30.7 Å². The van der Waals surface area contributed by atoms with Gasteiger partial charge in [0.15, 0.2) is 0 Å². The van der Waals surface area contributed by atoms with Gasteiger partial charge in [-0.15, -0.1) is 0 Å². The quantitative estimate of drug-likeness (QED) is 0.622. The molecule has 2 N–H and O–H groups in total. The molecule has 1 aliphatic carbocycles. The molecule has 52 valence electrons. The van der Waals surface area contributed by atoms with Gasteiger partial charge in [-0.1, -0.05) is 21.5 Å². The van der Waals surface area contributed by atoms with Crippen molar-refractivity contribution < 1.29 is 0 Å². The Morgan fingerprint density at radius 2 is 2.00 bits per heavy atom. The van der Waals surface area contributed by atoms with Crippen molar-refractivity contribution in [1.82, 2.24) is 0 Å². The van der Waals surface area contributed by atoms with E-state index in [1.54, 1.807) is 0 Å². The molecule has 0 radical (unpaired) electrons. The summed E-state index contributed by atoms with van der Waals surface area (Å²) in [5, 5.41) is 0. The molecule has 2 heteroatoms. The zero-order chi connectivity index (χ0) is 6.69. The number of hydrogen-bond acceptors (Lipinski definition) is 1. The zero-order valence-corrected chi connectivity index (χ0v) is 7.02. The maximum absolute atomic E-state index is 5.71. The topological polar surface area (TPSA) is 26.0 Å². The second-order valence-corrected chi connectivity index (χ2v) is 3.06. The first kappa shape index (κ1) is 7.29. The highest BCUT2D eigenvalue weighted by Gasteiger charge is 2.11. The van der Waals surface area contributed by atoms with Gasteiger partial charge in [-0.3, -0.25) is 0 Å². The molecule has 0 spiro atoms. The van der Waals surface area contributed by atoms with E-state index < -0.39 is 0 Å². The molecule has 0 amide bonds. The number of halogens is 1. The van der Waals surface area contributed by atoms with Gasteiger partial charge >= 0.3 is 0 Å². The molecule has 0 aromatic carbocycles. The number of hydrogen-bond donors (Lipinski definition) is 1. The van der Waals surface area contributed by atoms with E-state index in [0.717, 1.165) is 12.8 Å². The van der Waals surface area contributed by atoms with Gasteiger partial charge in [-0.2, -0.15) is 0 Å². The van der Waals surface area contributed by atoms with E-state index in [1.165, 1.54) is 18.4 Å². The van der Waals surface area contributed by atoms with Crippen LogP contribution in [0.25, 0.3) is 0 Å². The molecule has 1 nitrogen and oxygen atoms in total. The van der Waals surface area contributed by atoms with Crippen LogP contribution in [0.15, 0.2) is 10.6 Å². The van der Waals surface area contributed by atoms with Crippen LogP contribution in [-0.2, 0) is 0 Å². The van der Waals surface area contributed by atoms with Crippen LogP contribution in [0.3, 0.4) is 0 Å². The molecule has 0 aromatic rings. The van der Waals surface area contributed by atoms with Crippen LogP contribution in [0.2, 0.25) is 0 Å². The molecule has 0 atom stereocenters. The summed E-state index contributed by atoms with van der Waals surface area (Å²) in [6, 6.07) is 0.459. The minimum atomic E-state index is 0.459. The van der Waals surface area contributed by atoms with Crippen molar-refractivity contribution in [2.75, 3.05) is 0 Å². The Bertz CT molecular complexity index is 110. The van der Waals surface area contributed by atoms with Crippen LogP contribution < -0.4 is 5.73 Å². The molecule has 0 unspecified atom stereocenters. The van der Waals surface area contributed by atoms with Gasteiger partial charge in [0.25, 0.3) is 0 Å². The first-order valence-corrected chi connectivity index (χ1v) is 4.28. The second kappa shape index (κ2) is 3.37. The molecule has 0 aliphatic heterocycles. The Morgan fingerprint density at radius 1 is 1.44 bits per heavy atom. The summed E-state index contributed by atoms with van der Waals surface area (Å²) in [7, 11) is 0. The van der Waals surface area contributed by atoms with Crippen LogP contribution in [0, 0.1) is 0 Å². The van der Waals surface area contributed by atoms with E-state index in [2.05, 4.69) is 15.9 Å². The largest absolute Gasteiger partial charge is 0.328 e. The minimum Gasteiger partial charge on any atom is -0.328 e. The highest BCUT2D eigenvalue weighted by molar-refractivity contribution is 9.11. The maximum Gasteiger partial charge on any atom is 0.00449 e. The minimum absolute atomic E-state index is 0.459. The highest BCUT2D eigenvalue weighted by atomic mass is 79.9. The van der Waals surface area contributed by atoms with Crippen molar-refractivity contribution >= 4 is 15.9 Å². The fourth-order valence-corrected chi connectivity index (χ4v) is 1.58. The van der Waals surface area contributed by atoms with Crippen LogP contribution in [0.1, 0.15) is 25.7 Å². The predicted octanol–water partition coefficient (Wildman–Crippen LogP) is 2.17. The smallest absolute Gasteiger partial charge is 0.00449 e. The van der Waals surface area contributed by atoms with Gasteiger partial charge in [-0.25, -0.2) is 0 Å². The SMILES string of the molecule is NC1CCC(=CBr)CC1. The summed E-state index contributed by atoms with van der Waals surface area (Å²) in [6.45, 7) is 0. The highest BCUT2D eigenvalue weighted by Crippen LogP contribution is 2.22. The summed E-state index contributed by atoms with van der Waals surface area (Å²) in [6.07, 6.45) is 4.70. The molecule has 1 fully saturated rings. The van der Waals surface area contributed by atoms with E-state index in [-0.39, 0.29) is 0 Å². The summed E-state index contributed by atoms with van der Waals surface area (Å²) in [4.78, 5) is 2.04. The van der Waals surface area contributed by atoms with Gasteiger partial charge in [0.1, 0.15) is 0 Å². The average Bonchev–Trinajstić information content (AvgIpc) is 1.90. The predicted molar refractivity (Wildman–Crippen MR) is 43.5 cm³/mol. The van der Waals surface area contributed by atoms with Crippen molar-refractivity contribution in [2.24, 2.45) is 5.73 Å². The summed E-state index contributed by atoms with van der Waals surface area (Å²) in [5.41, 5.74) is 7.22. The summed E-state index contributed by atoms with van der Waals surface area (Å²) < 4.78 is 0. The third-order valence-electron chi connectivity index (χ3n) is 1.83. The summed E-state index contributed by atoms with van der Waals surface area (Å²) >= 11 is 3.33. The number of nitrogens with two attached hydrogens (primary N) is 1. The lowest BCUT2D eigenvalue weighted by Crippen LogP contribution is -2.23. The fraction of sp³-hybridized carbons (Fsp3) is 0.714. The van der Waals surface area contributed by atoms with Gasteiger partial charge in [0.05, 0.1) is 0 Å². The Morgan fingerprint density at radius 3 is 2.44 bits per heavy atom. The lowest BCUT2D eigenvalue weighted by molar-refractivity contribution is 0.512. The van der Waals surface area contributed by atoms with Crippen molar-refractivity contribution in [3.8, 4) is 0 Å². The fourth-order valence-electron chi connectivity index (χ4n) is 1.12. The first-order chi connectivity index (χ1) is 4.33. The van der Waals surface area contributed by atoms with Crippen molar-refractivity contribution in [3.05, 3.63) is 10.6 Å². The van der Waals surface area contributed by atoms with Crippen LogP contribution in [-0.4, -0.2) is 6.04 Å². The average molecular weight is 190 g/mol. The molecular weight excluding hydrogens is 178 g/mol. The van der Waals surface area contributed by atoms with E-state index in [1.807, 2.05) is 4.99 Å². The number of rotatable bonds is 0. The van der Waals surface area contributed by atoms with Crippen molar-refractivity contribution in [2.45, 2.75) is 31.7 Å². The summed E-state index contributed by atoms with van der Waals surface area (Å²) in [5.74, 6) is 0. The van der Waals surface area contributed by atoms with Crippen LogP contribution in [0.5, 0.6) is 0 Å². The third-order valence-corrected chi connectivity index (χ3v) is 2.47. The Kier molecular flexibility index (Phi) is 2.73. The van der Waals surface area contributed by atoms with E-state index in [0.29, 0.717) is 6.04 Å². The maximum atomic E-state index is 5.71. The normalized spacial score (nSPS) is 28.2. The van der Waals surface area contributed by atoms with Crippen LogP contribution >= 0.6 is 15.9 Å². The second-order valence-electron chi connectivity index (χ2n) is 2.60. The van der Waals surface area contributed by atoms with Gasteiger partial charge in [0.2, 0.25) is 0 Å². The van der Waals surface area contributed by atoms with Gasteiger partial charge < -0.3 is 5.73 Å². The van der Waals surface area contributed by atoms with Crippen molar-refractivity contribution in [1.29, 1.82) is 0 Å². The molecule has 1 saturated carbocycles. The monoisotopic (exact) mass is 189 g/mol. The van der Waals surface area contributed by atoms with Crippen molar-refractivity contribution in [3.63, 3.8) is 0 Å². The zero-order valence-electron chi connectivity index (χ0n) is 5.44. The van der Waals surface area contributed by atoms with E-state index in [9.17, 15) is 0 Å². The molecule has 9 heavy (non-hydrogen) atoms. The molecule has 1 rings (SSSR count). The molecule has 0 aromatic heterocycles. The molecule has 0 heterocycles. The molecule has 0 bridgehead atoms. The Hall–Kier alpha value is 0.180. The Balaban J connectivity index is 2.35. The molecule has 1 aliphatic rings. The molecule has 0 saturated heterocycles. The first-order valence-electron chi connectivity index (χ1n) is 3.36. The lowest BCUT2D eigenvalue weighted by Gasteiger charge is -2.18. The standard InChI is InChI=1S/C7H12BrN/c8-5-6-1-3-7(9)4-2-6/h5,7H,1-4,9H2. The van der Waals surface area contributed by atoms with E-state index in [4.69, 9.17) is 5.73 Å². The van der Waals surface area contributed by atoms with Gasteiger partial charge in [0, 0.05) is 6.04 Å². The third kappa shape index (κ3) is 2.11.